The fourth-order valence-electron chi connectivity index (χ4n) is 3.26. The van der Waals surface area contributed by atoms with Crippen molar-refractivity contribution >= 4 is 27.5 Å². The van der Waals surface area contributed by atoms with E-state index in [0.717, 1.165) is 5.69 Å². The molecule has 1 aliphatic heterocycles. The van der Waals surface area contributed by atoms with Gasteiger partial charge in [0.05, 0.1) is 34.7 Å². The normalized spacial score (nSPS) is 17.7. The summed E-state index contributed by atoms with van der Waals surface area (Å²) in [4.78, 5) is 16.8. The number of benzene rings is 1. The average molecular weight is 438 g/mol. The summed E-state index contributed by atoms with van der Waals surface area (Å²) in [7, 11) is -3.75. The first-order valence-corrected chi connectivity index (χ1v) is 11.3. The van der Waals surface area contributed by atoms with E-state index in [1.54, 1.807) is 12.3 Å². The van der Waals surface area contributed by atoms with E-state index in [1.165, 1.54) is 16.4 Å². The first kappa shape index (κ1) is 21.5. The van der Waals surface area contributed by atoms with Crippen molar-refractivity contribution < 1.29 is 17.9 Å². The standard InChI is InChI=1S/C20H24ClN3O4S/c1-2-28-19-9-8-17(12-18(19)21)29(26,27)24-11-5-6-15(14-24)20(25)23-13-16-7-3-4-10-22-16/h3-4,7-10,12,15H,2,5-6,11,13-14H2,1H3,(H,23,25)/t15-/m1/s1. The summed E-state index contributed by atoms with van der Waals surface area (Å²) < 4.78 is 32.8. The molecule has 1 saturated heterocycles. The molecule has 0 radical (unpaired) electrons. The van der Waals surface area contributed by atoms with E-state index in [2.05, 4.69) is 10.3 Å². The summed E-state index contributed by atoms with van der Waals surface area (Å²) in [5.41, 5.74) is 0.755. The summed E-state index contributed by atoms with van der Waals surface area (Å²) in [6.07, 6.45) is 2.92. The van der Waals surface area contributed by atoms with E-state index in [1.807, 2.05) is 25.1 Å². The summed E-state index contributed by atoms with van der Waals surface area (Å²) >= 11 is 6.15. The van der Waals surface area contributed by atoms with Gasteiger partial charge in [-0.25, -0.2) is 8.42 Å². The Kier molecular flexibility index (Phi) is 7.10. The van der Waals surface area contributed by atoms with Crippen molar-refractivity contribution in [2.75, 3.05) is 19.7 Å². The number of pyridine rings is 1. The van der Waals surface area contributed by atoms with Gasteiger partial charge in [0.15, 0.2) is 0 Å². The summed E-state index contributed by atoms with van der Waals surface area (Å²) in [6, 6.07) is 9.92. The zero-order valence-electron chi connectivity index (χ0n) is 16.2. The molecule has 1 amide bonds. The number of ether oxygens (including phenoxy) is 1. The second-order valence-electron chi connectivity index (χ2n) is 6.77. The Hall–Kier alpha value is -2.16. The predicted molar refractivity (Wildman–Crippen MR) is 110 cm³/mol. The lowest BCUT2D eigenvalue weighted by Gasteiger charge is -2.31. The smallest absolute Gasteiger partial charge is 0.243 e. The van der Waals surface area contributed by atoms with Gasteiger partial charge in [0.25, 0.3) is 0 Å². The molecule has 0 bridgehead atoms. The van der Waals surface area contributed by atoms with Crippen molar-refractivity contribution in [3.63, 3.8) is 0 Å². The van der Waals surface area contributed by atoms with Crippen LogP contribution in [0.2, 0.25) is 5.02 Å². The number of sulfonamides is 1. The molecule has 1 aliphatic rings. The molecular formula is C20H24ClN3O4S. The molecule has 1 aromatic heterocycles. The molecule has 156 valence electrons. The molecule has 1 aromatic carbocycles. The lowest BCUT2D eigenvalue weighted by molar-refractivity contribution is -0.126. The number of carbonyl (C=O) groups is 1. The van der Waals surface area contributed by atoms with Gasteiger partial charge >= 0.3 is 0 Å². The minimum atomic E-state index is -3.75. The maximum atomic E-state index is 13.0. The highest BCUT2D eigenvalue weighted by Gasteiger charge is 2.33. The Labute approximate surface area is 176 Å². The minimum Gasteiger partial charge on any atom is -0.492 e. The van der Waals surface area contributed by atoms with E-state index >= 15 is 0 Å². The zero-order valence-corrected chi connectivity index (χ0v) is 17.7. The molecule has 0 aliphatic carbocycles. The number of nitrogens with one attached hydrogen (secondary N) is 1. The average Bonchev–Trinajstić information content (AvgIpc) is 2.74. The molecule has 1 atom stereocenters. The molecule has 9 heteroatoms. The van der Waals surface area contributed by atoms with E-state index in [0.29, 0.717) is 38.3 Å². The highest BCUT2D eigenvalue weighted by Crippen LogP contribution is 2.30. The Bertz CT molecular complexity index is 953. The number of rotatable bonds is 7. The van der Waals surface area contributed by atoms with Crippen LogP contribution < -0.4 is 10.1 Å². The van der Waals surface area contributed by atoms with Gasteiger partial charge in [-0.15, -0.1) is 0 Å². The van der Waals surface area contributed by atoms with E-state index in [4.69, 9.17) is 16.3 Å². The number of aromatic nitrogens is 1. The van der Waals surface area contributed by atoms with Crippen LogP contribution in [0.25, 0.3) is 0 Å². The van der Waals surface area contributed by atoms with E-state index < -0.39 is 15.9 Å². The topological polar surface area (TPSA) is 88.6 Å². The van der Waals surface area contributed by atoms with Gasteiger partial charge in [-0.3, -0.25) is 9.78 Å². The Balaban J connectivity index is 1.67. The van der Waals surface area contributed by atoms with Gasteiger partial charge in [0, 0.05) is 19.3 Å². The fraction of sp³-hybridized carbons (Fsp3) is 0.400. The van der Waals surface area contributed by atoms with Gasteiger partial charge in [-0.2, -0.15) is 4.31 Å². The molecule has 2 heterocycles. The quantitative estimate of drug-likeness (QED) is 0.719. The van der Waals surface area contributed by atoms with Crippen LogP contribution in [0.5, 0.6) is 5.75 Å². The Morgan fingerprint density at radius 2 is 2.17 bits per heavy atom. The predicted octanol–water partition coefficient (Wildman–Crippen LogP) is 2.85. The van der Waals surface area contributed by atoms with Crippen molar-refractivity contribution in [2.24, 2.45) is 5.92 Å². The second kappa shape index (κ2) is 9.56. The van der Waals surface area contributed by atoms with Crippen LogP contribution in [0, 0.1) is 5.92 Å². The highest BCUT2D eigenvalue weighted by molar-refractivity contribution is 7.89. The maximum Gasteiger partial charge on any atom is 0.243 e. The van der Waals surface area contributed by atoms with Gasteiger partial charge in [0.2, 0.25) is 15.9 Å². The molecule has 7 nitrogen and oxygen atoms in total. The van der Waals surface area contributed by atoms with Crippen molar-refractivity contribution in [3.8, 4) is 5.75 Å². The van der Waals surface area contributed by atoms with E-state index in [-0.39, 0.29) is 22.4 Å². The molecule has 29 heavy (non-hydrogen) atoms. The SMILES string of the molecule is CCOc1ccc(S(=O)(=O)N2CCC[C@@H](C(=O)NCc3ccccn3)C2)cc1Cl. The third-order valence-electron chi connectivity index (χ3n) is 4.77. The van der Waals surface area contributed by atoms with Crippen LogP contribution in [-0.4, -0.2) is 43.3 Å². The van der Waals surface area contributed by atoms with Gasteiger partial charge < -0.3 is 10.1 Å². The summed E-state index contributed by atoms with van der Waals surface area (Å²) in [5, 5.41) is 3.10. The highest BCUT2D eigenvalue weighted by atomic mass is 35.5. The van der Waals surface area contributed by atoms with Crippen LogP contribution in [0.3, 0.4) is 0 Å². The zero-order chi connectivity index (χ0) is 20.9. The summed E-state index contributed by atoms with van der Waals surface area (Å²) in [6.45, 7) is 3.09. The molecule has 3 rings (SSSR count). The van der Waals surface area contributed by atoms with Crippen LogP contribution in [-0.2, 0) is 21.4 Å². The van der Waals surface area contributed by atoms with Gasteiger partial charge in [-0.05, 0) is 50.1 Å². The summed E-state index contributed by atoms with van der Waals surface area (Å²) in [5.74, 6) is -0.126. The van der Waals surface area contributed by atoms with Gasteiger partial charge in [0.1, 0.15) is 5.75 Å². The lowest BCUT2D eigenvalue weighted by atomic mass is 9.99. The van der Waals surface area contributed by atoms with Crippen molar-refractivity contribution in [3.05, 3.63) is 53.3 Å². The Morgan fingerprint density at radius 1 is 1.34 bits per heavy atom. The number of hydrogen-bond acceptors (Lipinski definition) is 5. The molecule has 1 N–H and O–H groups in total. The molecule has 1 fully saturated rings. The molecule has 0 unspecified atom stereocenters. The number of nitrogens with zero attached hydrogens (tertiary/aromatic N) is 2. The van der Waals surface area contributed by atoms with Gasteiger partial charge in [-0.1, -0.05) is 17.7 Å². The molecular weight excluding hydrogens is 414 g/mol. The van der Waals surface area contributed by atoms with Crippen molar-refractivity contribution in [1.29, 1.82) is 0 Å². The number of hydrogen-bond donors (Lipinski definition) is 1. The molecule has 0 spiro atoms. The van der Waals surface area contributed by atoms with E-state index in [9.17, 15) is 13.2 Å². The minimum absolute atomic E-state index is 0.0977. The second-order valence-corrected chi connectivity index (χ2v) is 9.11. The van der Waals surface area contributed by atoms with Crippen LogP contribution in [0.15, 0.2) is 47.5 Å². The van der Waals surface area contributed by atoms with Crippen LogP contribution in [0.4, 0.5) is 0 Å². The lowest BCUT2D eigenvalue weighted by Crippen LogP contribution is -2.45. The number of carbonyl (C=O) groups excluding carboxylic acids is 1. The molecule has 0 saturated carbocycles. The number of halogens is 1. The fourth-order valence-corrected chi connectivity index (χ4v) is 5.11. The third kappa shape index (κ3) is 5.26. The molecule has 2 aromatic rings. The van der Waals surface area contributed by atoms with Crippen molar-refractivity contribution in [1.82, 2.24) is 14.6 Å². The van der Waals surface area contributed by atoms with Crippen molar-refractivity contribution in [2.45, 2.75) is 31.2 Å². The maximum absolute atomic E-state index is 13.0. The number of amides is 1. The van der Waals surface area contributed by atoms with Crippen LogP contribution >= 0.6 is 11.6 Å². The van der Waals surface area contributed by atoms with Crippen LogP contribution in [0.1, 0.15) is 25.5 Å². The Morgan fingerprint density at radius 3 is 2.86 bits per heavy atom. The number of piperidine rings is 1. The first-order chi connectivity index (χ1) is 13.9. The monoisotopic (exact) mass is 437 g/mol. The third-order valence-corrected chi connectivity index (χ3v) is 6.92. The first-order valence-electron chi connectivity index (χ1n) is 9.52. The largest absolute Gasteiger partial charge is 0.492 e.